The van der Waals surface area contributed by atoms with Gasteiger partial charge in [-0.15, -0.1) is 0 Å². The molecule has 0 unspecified atom stereocenters. The maximum Gasteiger partial charge on any atom is 0.220 e. The molecule has 0 bridgehead atoms. The Hall–Kier alpha value is -1.39. The number of benzene rings is 1. The molecular formula is C13H17NO3. The van der Waals surface area contributed by atoms with Crippen LogP contribution in [0, 0.1) is 0 Å². The average molecular weight is 235 g/mol. The van der Waals surface area contributed by atoms with Gasteiger partial charge in [0.05, 0.1) is 25.4 Å². The van der Waals surface area contributed by atoms with Crippen LogP contribution in [-0.2, 0) is 16.1 Å². The van der Waals surface area contributed by atoms with Crippen molar-refractivity contribution >= 4 is 5.91 Å². The van der Waals surface area contributed by atoms with Gasteiger partial charge in [-0.05, 0) is 12.0 Å². The first-order valence-corrected chi connectivity index (χ1v) is 5.85. The number of carbonyl (C=O) groups is 1. The largest absolute Gasteiger partial charge is 0.391 e. The van der Waals surface area contributed by atoms with Crippen molar-refractivity contribution in [2.45, 2.75) is 31.6 Å². The lowest BCUT2D eigenvalue weighted by Gasteiger charge is -2.28. The highest BCUT2D eigenvalue weighted by Crippen LogP contribution is 2.10. The number of nitrogens with one attached hydrogen (secondary N) is 1. The molecule has 4 heteroatoms. The molecule has 0 aliphatic carbocycles. The number of hydrogen-bond acceptors (Lipinski definition) is 3. The summed E-state index contributed by atoms with van der Waals surface area (Å²) in [5, 5.41) is 12.4. The first-order valence-electron chi connectivity index (χ1n) is 5.85. The Balaban J connectivity index is 1.76. The van der Waals surface area contributed by atoms with Gasteiger partial charge in [0.25, 0.3) is 0 Å². The molecule has 1 aromatic rings. The quantitative estimate of drug-likeness (QED) is 0.813. The Morgan fingerprint density at radius 3 is 2.88 bits per heavy atom. The van der Waals surface area contributed by atoms with Crippen molar-refractivity contribution in [3.63, 3.8) is 0 Å². The van der Waals surface area contributed by atoms with Crippen molar-refractivity contribution in [3.8, 4) is 0 Å². The molecule has 0 saturated carbocycles. The van der Waals surface area contributed by atoms with Crippen LogP contribution in [0.25, 0.3) is 0 Å². The molecule has 4 nitrogen and oxygen atoms in total. The second kappa shape index (κ2) is 5.80. The molecule has 2 rings (SSSR count). The summed E-state index contributed by atoms with van der Waals surface area (Å²) in [5.74, 6) is -0.0105. The lowest BCUT2D eigenvalue weighted by atomic mass is 10.0. The normalized spacial score (nSPS) is 24.4. The zero-order chi connectivity index (χ0) is 12.1. The van der Waals surface area contributed by atoms with Gasteiger partial charge in [0.1, 0.15) is 0 Å². The number of rotatable bonds is 4. The van der Waals surface area contributed by atoms with Crippen molar-refractivity contribution in [2.24, 2.45) is 0 Å². The molecule has 92 valence electrons. The fraction of sp³-hybridized carbons (Fsp3) is 0.462. The van der Waals surface area contributed by atoms with Crippen molar-refractivity contribution in [1.82, 2.24) is 5.32 Å². The maximum absolute atomic E-state index is 11.2. The molecule has 0 radical (unpaired) electrons. The van der Waals surface area contributed by atoms with Crippen molar-refractivity contribution in [1.29, 1.82) is 0 Å². The summed E-state index contributed by atoms with van der Waals surface area (Å²) in [4.78, 5) is 11.2. The number of piperidine rings is 1. The Bertz CT molecular complexity index is 366. The van der Waals surface area contributed by atoms with Crippen LogP contribution in [0.1, 0.15) is 18.4 Å². The first-order chi connectivity index (χ1) is 8.25. The van der Waals surface area contributed by atoms with Gasteiger partial charge in [-0.2, -0.15) is 0 Å². The van der Waals surface area contributed by atoms with Crippen LogP contribution in [0.2, 0.25) is 0 Å². The molecule has 0 aromatic heterocycles. The molecule has 1 fully saturated rings. The van der Waals surface area contributed by atoms with E-state index < -0.39 is 6.10 Å². The summed E-state index contributed by atoms with van der Waals surface area (Å²) < 4.78 is 5.50. The second-order valence-corrected chi connectivity index (χ2v) is 4.28. The van der Waals surface area contributed by atoms with Gasteiger partial charge in [-0.1, -0.05) is 30.3 Å². The van der Waals surface area contributed by atoms with E-state index in [0.717, 1.165) is 5.56 Å². The number of ether oxygens (including phenoxy) is 1. The molecule has 1 aliphatic heterocycles. The average Bonchev–Trinajstić information content (AvgIpc) is 2.35. The van der Waals surface area contributed by atoms with E-state index in [-0.39, 0.29) is 11.9 Å². The number of hydrogen-bond donors (Lipinski definition) is 2. The number of carbonyl (C=O) groups excluding carboxylic acids is 1. The van der Waals surface area contributed by atoms with Gasteiger partial charge in [-0.3, -0.25) is 4.79 Å². The summed E-state index contributed by atoms with van der Waals surface area (Å²) in [7, 11) is 0. The Morgan fingerprint density at radius 2 is 2.12 bits per heavy atom. The van der Waals surface area contributed by atoms with Crippen LogP contribution in [0.5, 0.6) is 0 Å². The van der Waals surface area contributed by atoms with Crippen LogP contribution in [-0.4, -0.2) is 29.8 Å². The molecule has 1 saturated heterocycles. The van der Waals surface area contributed by atoms with Crippen molar-refractivity contribution < 1.29 is 14.6 Å². The maximum atomic E-state index is 11.2. The molecular weight excluding hydrogens is 218 g/mol. The first kappa shape index (κ1) is 12.1. The predicted molar refractivity (Wildman–Crippen MR) is 63.3 cm³/mol. The highest BCUT2D eigenvalue weighted by molar-refractivity contribution is 5.77. The SMILES string of the molecule is O=C1CC[C@H](O)[C@@H](COCc2ccccc2)N1. The van der Waals surface area contributed by atoms with Gasteiger partial charge < -0.3 is 15.2 Å². The minimum atomic E-state index is -0.497. The van der Waals surface area contributed by atoms with Crippen LogP contribution in [0.15, 0.2) is 30.3 Å². The van der Waals surface area contributed by atoms with E-state index in [4.69, 9.17) is 4.74 Å². The van der Waals surface area contributed by atoms with E-state index in [9.17, 15) is 9.90 Å². The summed E-state index contributed by atoms with van der Waals surface area (Å²) in [6.45, 7) is 0.849. The van der Waals surface area contributed by atoms with Gasteiger partial charge in [0.2, 0.25) is 5.91 Å². The molecule has 0 spiro atoms. The fourth-order valence-electron chi connectivity index (χ4n) is 1.89. The topological polar surface area (TPSA) is 58.6 Å². The molecule has 17 heavy (non-hydrogen) atoms. The third-order valence-corrected chi connectivity index (χ3v) is 2.89. The zero-order valence-corrected chi connectivity index (χ0v) is 9.63. The van der Waals surface area contributed by atoms with E-state index in [1.165, 1.54) is 0 Å². The number of amides is 1. The minimum absolute atomic E-state index is 0.0105. The van der Waals surface area contributed by atoms with Crippen LogP contribution < -0.4 is 5.32 Å². The number of aliphatic hydroxyl groups excluding tert-OH is 1. The highest BCUT2D eigenvalue weighted by atomic mass is 16.5. The lowest BCUT2D eigenvalue weighted by molar-refractivity contribution is -0.127. The summed E-state index contributed by atoms with van der Waals surface area (Å²) in [6.07, 6.45) is 0.421. The van der Waals surface area contributed by atoms with Crippen LogP contribution >= 0.6 is 0 Å². The Labute approximate surface area is 101 Å². The molecule has 2 N–H and O–H groups in total. The molecule has 1 aliphatic rings. The summed E-state index contributed by atoms with van der Waals surface area (Å²) in [6, 6.07) is 9.55. The molecule has 1 aromatic carbocycles. The van der Waals surface area contributed by atoms with E-state index in [2.05, 4.69) is 5.32 Å². The predicted octanol–water partition coefficient (Wildman–Crippen LogP) is 0.843. The lowest BCUT2D eigenvalue weighted by Crippen LogP contribution is -2.50. The smallest absolute Gasteiger partial charge is 0.220 e. The van der Waals surface area contributed by atoms with Gasteiger partial charge >= 0.3 is 0 Å². The Morgan fingerprint density at radius 1 is 1.35 bits per heavy atom. The van der Waals surface area contributed by atoms with E-state index in [1.54, 1.807) is 0 Å². The van der Waals surface area contributed by atoms with Crippen molar-refractivity contribution in [3.05, 3.63) is 35.9 Å². The van der Waals surface area contributed by atoms with E-state index in [0.29, 0.717) is 26.1 Å². The zero-order valence-electron chi connectivity index (χ0n) is 9.63. The summed E-state index contributed by atoms with van der Waals surface area (Å²) in [5.41, 5.74) is 1.09. The van der Waals surface area contributed by atoms with Gasteiger partial charge in [0.15, 0.2) is 0 Å². The third kappa shape index (κ3) is 3.54. The number of aliphatic hydroxyl groups is 1. The standard InChI is InChI=1S/C13H17NO3/c15-12-6-7-13(16)14-11(12)9-17-8-10-4-2-1-3-5-10/h1-5,11-12,15H,6-9H2,(H,14,16)/t11-,12+/m1/s1. The van der Waals surface area contributed by atoms with Crippen LogP contribution in [0.3, 0.4) is 0 Å². The van der Waals surface area contributed by atoms with Gasteiger partial charge in [0, 0.05) is 6.42 Å². The molecule has 1 heterocycles. The molecule has 2 atom stereocenters. The van der Waals surface area contributed by atoms with Gasteiger partial charge in [-0.25, -0.2) is 0 Å². The fourth-order valence-corrected chi connectivity index (χ4v) is 1.89. The molecule has 1 amide bonds. The monoisotopic (exact) mass is 235 g/mol. The van der Waals surface area contributed by atoms with Crippen molar-refractivity contribution in [2.75, 3.05) is 6.61 Å². The van der Waals surface area contributed by atoms with E-state index >= 15 is 0 Å². The second-order valence-electron chi connectivity index (χ2n) is 4.28. The van der Waals surface area contributed by atoms with E-state index in [1.807, 2.05) is 30.3 Å². The third-order valence-electron chi connectivity index (χ3n) is 2.89. The van der Waals surface area contributed by atoms with Crippen LogP contribution in [0.4, 0.5) is 0 Å². The Kier molecular flexibility index (Phi) is 4.12. The minimum Gasteiger partial charge on any atom is -0.391 e. The summed E-state index contributed by atoms with van der Waals surface area (Å²) >= 11 is 0. The highest BCUT2D eigenvalue weighted by Gasteiger charge is 2.26.